The molecule has 0 aliphatic carbocycles. The predicted octanol–water partition coefficient (Wildman–Crippen LogP) is -1.44. The van der Waals surface area contributed by atoms with E-state index in [9.17, 15) is 55.9 Å². The van der Waals surface area contributed by atoms with E-state index in [1.54, 1.807) is 0 Å². The first-order chi connectivity index (χ1) is 20.8. The zero-order valence-corrected chi connectivity index (χ0v) is 23.0. The van der Waals surface area contributed by atoms with E-state index in [1.165, 1.54) is 13.0 Å². The van der Waals surface area contributed by atoms with Crippen LogP contribution in [0, 0.1) is 5.92 Å². The lowest BCUT2D eigenvalue weighted by molar-refractivity contribution is -0.316. The van der Waals surface area contributed by atoms with E-state index in [2.05, 4.69) is 0 Å². The van der Waals surface area contributed by atoms with Gasteiger partial charge in [0.25, 0.3) is 0 Å². The van der Waals surface area contributed by atoms with Crippen LogP contribution in [0.25, 0.3) is 22.3 Å². The molecule has 0 radical (unpaired) electrons. The minimum Gasteiger partial charge on any atom is -0.508 e. The van der Waals surface area contributed by atoms with E-state index in [0.717, 1.165) is 24.3 Å². The van der Waals surface area contributed by atoms with Crippen molar-refractivity contribution in [3.05, 3.63) is 40.6 Å². The Balaban J connectivity index is 1.47. The number of benzene rings is 2. The molecule has 3 aromatic rings. The molecule has 16 heteroatoms. The molecule has 44 heavy (non-hydrogen) atoms. The maximum atomic E-state index is 13.6. The first-order valence-electron chi connectivity index (χ1n) is 13.5. The van der Waals surface area contributed by atoms with Gasteiger partial charge in [0, 0.05) is 23.6 Å². The molecule has 16 nitrogen and oxygen atoms in total. The first kappa shape index (κ1) is 31.7. The molecule has 5 rings (SSSR count). The van der Waals surface area contributed by atoms with Gasteiger partial charge in [-0.05, 0) is 18.2 Å². The number of phenols is 4. The fourth-order valence-electron chi connectivity index (χ4n) is 5.10. The highest BCUT2D eigenvalue weighted by atomic mass is 16.7. The number of rotatable bonds is 7. The lowest BCUT2D eigenvalue weighted by atomic mass is 9.91. The highest BCUT2D eigenvalue weighted by molar-refractivity contribution is 5.88. The second kappa shape index (κ2) is 12.4. The lowest BCUT2D eigenvalue weighted by Crippen LogP contribution is -2.61. The minimum absolute atomic E-state index is 0.0268. The maximum absolute atomic E-state index is 13.6. The first-order valence-corrected chi connectivity index (χ1v) is 13.5. The summed E-state index contributed by atoms with van der Waals surface area (Å²) in [7, 11) is 0. The molecule has 10 N–H and O–H groups in total. The van der Waals surface area contributed by atoms with E-state index in [0.29, 0.717) is 0 Å². The van der Waals surface area contributed by atoms with Crippen molar-refractivity contribution in [1.29, 1.82) is 0 Å². The van der Waals surface area contributed by atoms with E-state index >= 15 is 0 Å². The van der Waals surface area contributed by atoms with Gasteiger partial charge in [-0.2, -0.15) is 0 Å². The van der Waals surface area contributed by atoms with Crippen molar-refractivity contribution in [2.75, 3.05) is 13.2 Å². The molecule has 2 aromatic carbocycles. The molecule has 10 unspecified atom stereocenters. The quantitative estimate of drug-likeness (QED) is 0.135. The average molecular weight is 625 g/mol. The molecule has 240 valence electrons. The van der Waals surface area contributed by atoms with Gasteiger partial charge in [0.05, 0.1) is 19.3 Å². The predicted molar refractivity (Wildman–Crippen MR) is 145 cm³/mol. The summed E-state index contributed by atoms with van der Waals surface area (Å²) in [6.07, 6.45) is -14.0. The van der Waals surface area contributed by atoms with Gasteiger partial charge in [0.15, 0.2) is 23.5 Å². The van der Waals surface area contributed by atoms with Crippen molar-refractivity contribution in [2.24, 2.45) is 5.92 Å². The van der Waals surface area contributed by atoms with Crippen LogP contribution in [-0.4, -0.2) is 120 Å². The van der Waals surface area contributed by atoms with Crippen molar-refractivity contribution in [3.63, 3.8) is 0 Å². The normalized spacial score (nSPS) is 32.5. The third kappa shape index (κ3) is 5.74. The van der Waals surface area contributed by atoms with Crippen molar-refractivity contribution in [3.8, 4) is 40.1 Å². The Morgan fingerprint density at radius 1 is 0.773 bits per heavy atom. The summed E-state index contributed by atoms with van der Waals surface area (Å²) in [6, 6.07) is 5.26. The Hall–Kier alpha value is -3.71. The van der Waals surface area contributed by atoms with Gasteiger partial charge in [-0.1, -0.05) is 6.92 Å². The monoisotopic (exact) mass is 624 g/mol. The smallest absolute Gasteiger partial charge is 0.239 e. The second-order valence-electron chi connectivity index (χ2n) is 10.7. The molecular formula is C28H32O16. The molecule has 10 atom stereocenters. The lowest BCUT2D eigenvalue weighted by Gasteiger charge is -2.43. The van der Waals surface area contributed by atoms with Gasteiger partial charge < -0.3 is 74.4 Å². The number of hydrogen-bond donors (Lipinski definition) is 10. The Labute approximate surface area is 247 Å². The number of phenolic OH excluding ortho intramolecular Hbond substituents is 4. The Morgan fingerprint density at radius 2 is 1.48 bits per heavy atom. The Kier molecular flexibility index (Phi) is 8.90. The molecule has 2 fully saturated rings. The Morgan fingerprint density at radius 3 is 2.16 bits per heavy atom. The van der Waals surface area contributed by atoms with Crippen LogP contribution in [0.4, 0.5) is 0 Å². The van der Waals surface area contributed by atoms with E-state index in [-0.39, 0.29) is 11.1 Å². The van der Waals surface area contributed by atoms with Gasteiger partial charge in [-0.15, -0.1) is 0 Å². The van der Waals surface area contributed by atoms with Gasteiger partial charge in [0.1, 0.15) is 59.1 Å². The number of aromatic hydroxyl groups is 4. The second-order valence-corrected chi connectivity index (χ2v) is 10.7. The van der Waals surface area contributed by atoms with Gasteiger partial charge in [0.2, 0.25) is 17.5 Å². The van der Waals surface area contributed by atoms with Crippen LogP contribution in [0.5, 0.6) is 28.7 Å². The highest BCUT2D eigenvalue weighted by Gasteiger charge is 2.47. The summed E-state index contributed by atoms with van der Waals surface area (Å²) in [5, 5.41) is 102. The highest BCUT2D eigenvalue weighted by Crippen LogP contribution is 2.39. The summed E-state index contributed by atoms with van der Waals surface area (Å²) in [6.45, 7) is 0.358. The summed E-state index contributed by atoms with van der Waals surface area (Å²) in [5.74, 6) is -4.08. The zero-order chi connectivity index (χ0) is 32.0. The number of aliphatic hydroxyl groups excluding tert-OH is 6. The molecular weight excluding hydrogens is 592 g/mol. The third-order valence-corrected chi connectivity index (χ3v) is 7.71. The standard InChI is InChI=1S/C28H32O16/c1-9-19(34)16(7-29)42-27(20(9)35)40-8-17-21(36)23(38)24(39)28(43-17)44-26-22(37)18-14(33)5-11(30)6-15(18)41-25(26)10-2-3-12(31)13(32)4-10/h2-6,9,16-17,19-21,23-24,27-36,38-39H,7-8H2,1H3. The van der Waals surface area contributed by atoms with Crippen LogP contribution in [0.1, 0.15) is 6.92 Å². The van der Waals surface area contributed by atoms with E-state index < -0.39 is 120 Å². The minimum atomic E-state index is -1.96. The molecule has 2 aliphatic rings. The molecule has 2 aliphatic heterocycles. The molecule has 1 aromatic heterocycles. The van der Waals surface area contributed by atoms with E-state index in [4.69, 9.17) is 23.4 Å². The fraction of sp³-hybridized carbons (Fsp3) is 0.464. The van der Waals surface area contributed by atoms with Crippen LogP contribution in [0.15, 0.2) is 39.5 Å². The molecule has 3 heterocycles. The SMILES string of the molecule is CC1C(O)C(CO)OC(OCC2OC(Oc3c(-c4ccc(O)c(O)c4)oc4cc(O)cc(O)c4c3=O)C(O)C(O)C2O)C1O. The van der Waals surface area contributed by atoms with Crippen LogP contribution in [0.2, 0.25) is 0 Å². The number of hydrogen-bond acceptors (Lipinski definition) is 16. The summed E-state index contributed by atoms with van der Waals surface area (Å²) in [5.41, 5.74) is -1.33. The van der Waals surface area contributed by atoms with Crippen LogP contribution in [0.3, 0.4) is 0 Å². The molecule has 0 saturated carbocycles. The average Bonchev–Trinajstić information content (AvgIpc) is 2.98. The van der Waals surface area contributed by atoms with Crippen LogP contribution < -0.4 is 10.2 Å². The van der Waals surface area contributed by atoms with Crippen LogP contribution >= 0.6 is 0 Å². The molecule has 2 saturated heterocycles. The zero-order valence-electron chi connectivity index (χ0n) is 23.0. The summed E-state index contributed by atoms with van der Waals surface area (Å²) >= 11 is 0. The van der Waals surface area contributed by atoms with Gasteiger partial charge in [-0.25, -0.2) is 0 Å². The number of fused-ring (bicyclic) bond motifs is 1. The van der Waals surface area contributed by atoms with E-state index in [1.807, 2.05) is 0 Å². The summed E-state index contributed by atoms with van der Waals surface area (Å²) < 4.78 is 28.0. The largest absolute Gasteiger partial charge is 0.508 e. The number of ether oxygens (including phenoxy) is 4. The number of aliphatic hydroxyl groups is 6. The molecule has 0 spiro atoms. The van der Waals surface area contributed by atoms with Crippen LogP contribution in [-0.2, 0) is 14.2 Å². The van der Waals surface area contributed by atoms with Gasteiger partial charge >= 0.3 is 0 Å². The van der Waals surface area contributed by atoms with Crippen molar-refractivity contribution in [2.45, 2.75) is 62.2 Å². The third-order valence-electron chi connectivity index (χ3n) is 7.71. The van der Waals surface area contributed by atoms with Crippen molar-refractivity contribution < 1.29 is 74.4 Å². The van der Waals surface area contributed by atoms with Crippen molar-refractivity contribution in [1.82, 2.24) is 0 Å². The fourth-order valence-corrected chi connectivity index (χ4v) is 5.10. The van der Waals surface area contributed by atoms with Gasteiger partial charge in [-0.3, -0.25) is 4.79 Å². The van der Waals surface area contributed by atoms with Crippen molar-refractivity contribution >= 4 is 11.0 Å². The molecule has 0 amide bonds. The Bertz CT molecular complexity index is 1550. The summed E-state index contributed by atoms with van der Waals surface area (Å²) in [4.78, 5) is 13.6. The maximum Gasteiger partial charge on any atom is 0.239 e. The topological polar surface area (TPSA) is 269 Å². The molecule has 0 bridgehead atoms.